The van der Waals surface area contributed by atoms with Crippen molar-refractivity contribution in [3.05, 3.63) is 121 Å². The Bertz CT molecular complexity index is 1560. The zero-order chi connectivity index (χ0) is 33.2. The van der Waals surface area contributed by atoms with E-state index in [9.17, 15) is 0 Å². The molecule has 0 unspecified atom stereocenters. The van der Waals surface area contributed by atoms with Crippen LogP contribution in [0.25, 0.3) is 11.1 Å². The van der Waals surface area contributed by atoms with Gasteiger partial charge in [-0.15, -0.1) is 0 Å². The first-order valence-corrected chi connectivity index (χ1v) is 16.7. The van der Waals surface area contributed by atoms with Crippen LogP contribution < -0.4 is 28.4 Å². The third-order valence-electron chi connectivity index (χ3n) is 8.14. The average Bonchev–Trinajstić information content (AvgIpc) is 3.40. The average molecular weight is 635 g/mol. The summed E-state index contributed by atoms with van der Waals surface area (Å²) in [5, 5.41) is 0. The number of rotatable bonds is 18. The van der Waals surface area contributed by atoms with Crippen molar-refractivity contribution in [3.63, 3.8) is 0 Å². The van der Waals surface area contributed by atoms with Crippen molar-refractivity contribution in [1.82, 2.24) is 0 Å². The van der Waals surface area contributed by atoms with Crippen molar-refractivity contribution in [1.29, 1.82) is 0 Å². The fourth-order valence-corrected chi connectivity index (χ4v) is 6.38. The molecule has 47 heavy (non-hydrogen) atoms. The van der Waals surface area contributed by atoms with Gasteiger partial charge in [-0.05, 0) is 72.2 Å². The maximum Gasteiger partial charge on any atom is 0.204 e. The quantitative estimate of drug-likeness (QED) is 0.0894. The van der Waals surface area contributed by atoms with E-state index in [2.05, 4.69) is 102 Å². The van der Waals surface area contributed by atoms with E-state index in [4.69, 9.17) is 28.4 Å². The van der Waals surface area contributed by atoms with Crippen LogP contribution in [0.5, 0.6) is 34.5 Å². The number of hydrogen-bond donors (Lipinski definition) is 0. The zero-order valence-corrected chi connectivity index (χ0v) is 28.1. The van der Waals surface area contributed by atoms with Gasteiger partial charge in [0.15, 0.2) is 23.0 Å². The molecule has 0 aliphatic heterocycles. The summed E-state index contributed by atoms with van der Waals surface area (Å²) in [5.74, 6) is 3.42. The molecule has 1 aliphatic carbocycles. The van der Waals surface area contributed by atoms with Crippen LogP contribution in [0.3, 0.4) is 0 Å². The number of benzene rings is 4. The van der Waals surface area contributed by atoms with E-state index in [1.165, 1.54) is 12.5 Å². The molecule has 1 aliphatic rings. The molecule has 246 valence electrons. The van der Waals surface area contributed by atoms with E-state index in [1.54, 1.807) is 0 Å². The van der Waals surface area contributed by atoms with Gasteiger partial charge in [0.2, 0.25) is 11.5 Å². The standard InChI is InChI=1S/C41H46O6/c1-7-25-44-37-33(21-23-35(42-11-5)39(37)46-27-9-3)41(31-19-15-13-17-29(31)30-18-14-16-20-32(30)41)34-22-24-36(43-12-6)40(47-28-10-4)38(34)45-26-8-2/h11-24H,5-10,25-28H2,1-4H3. The van der Waals surface area contributed by atoms with Crippen LogP contribution in [0.15, 0.2) is 98.5 Å². The zero-order valence-electron chi connectivity index (χ0n) is 28.1. The Kier molecular flexibility index (Phi) is 11.2. The highest BCUT2D eigenvalue weighted by atomic mass is 16.5. The molecular formula is C41H46O6. The van der Waals surface area contributed by atoms with E-state index in [0.717, 1.165) is 59.1 Å². The SMILES string of the molecule is C=COc1ccc(C2(c3ccc(OC=C)c(OCCC)c3OCCC)c3ccccc3-c3ccccc32)c(OCCC)c1OCCC. The van der Waals surface area contributed by atoms with Gasteiger partial charge in [-0.3, -0.25) is 0 Å². The Balaban J connectivity index is 1.99. The molecule has 0 bridgehead atoms. The molecule has 0 aromatic heterocycles. The Morgan fingerprint density at radius 2 is 0.830 bits per heavy atom. The predicted octanol–water partition coefficient (Wildman–Crippen LogP) is 10.2. The summed E-state index contributed by atoms with van der Waals surface area (Å²) in [6.45, 7) is 18.0. The highest BCUT2D eigenvalue weighted by molar-refractivity contribution is 5.88. The summed E-state index contributed by atoms with van der Waals surface area (Å²) in [5.41, 5.74) is 5.39. The predicted molar refractivity (Wildman–Crippen MR) is 189 cm³/mol. The van der Waals surface area contributed by atoms with Gasteiger partial charge in [0.1, 0.15) is 0 Å². The second-order valence-electron chi connectivity index (χ2n) is 11.3. The molecule has 0 radical (unpaired) electrons. The van der Waals surface area contributed by atoms with Gasteiger partial charge in [0.05, 0.1) is 44.4 Å². The first-order chi connectivity index (χ1) is 23.1. The maximum absolute atomic E-state index is 6.72. The third-order valence-corrected chi connectivity index (χ3v) is 8.14. The highest BCUT2D eigenvalue weighted by Crippen LogP contribution is 2.62. The normalized spacial score (nSPS) is 12.4. The molecule has 0 saturated carbocycles. The molecule has 0 fully saturated rings. The summed E-state index contributed by atoms with van der Waals surface area (Å²) >= 11 is 0. The van der Waals surface area contributed by atoms with Gasteiger partial charge in [0.25, 0.3) is 0 Å². The Labute approximate surface area is 279 Å². The van der Waals surface area contributed by atoms with Crippen LogP contribution in [0.1, 0.15) is 75.6 Å². The van der Waals surface area contributed by atoms with Crippen LogP contribution in [0.2, 0.25) is 0 Å². The highest BCUT2D eigenvalue weighted by Gasteiger charge is 2.50. The second-order valence-corrected chi connectivity index (χ2v) is 11.3. The first-order valence-electron chi connectivity index (χ1n) is 16.7. The lowest BCUT2D eigenvalue weighted by atomic mass is 9.66. The van der Waals surface area contributed by atoms with Crippen molar-refractivity contribution in [2.24, 2.45) is 0 Å². The molecule has 5 rings (SSSR count). The van der Waals surface area contributed by atoms with Gasteiger partial charge in [0, 0.05) is 11.1 Å². The molecule has 6 nitrogen and oxygen atoms in total. The first kappa shape index (κ1) is 33.5. The molecule has 0 spiro atoms. The van der Waals surface area contributed by atoms with Crippen molar-refractivity contribution in [2.75, 3.05) is 26.4 Å². The molecule has 6 heteroatoms. The summed E-state index contributed by atoms with van der Waals surface area (Å²) in [7, 11) is 0. The molecule has 0 N–H and O–H groups in total. The van der Waals surface area contributed by atoms with E-state index in [1.807, 2.05) is 12.1 Å². The minimum atomic E-state index is -0.895. The maximum atomic E-state index is 6.72. The number of fused-ring (bicyclic) bond motifs is 3. The largest absolute Gasteiger partial charge is 0.489 e. The monoisotopic (exact) mass is 634 g/mol. The topological polar surface area (TPSA) is 55.4 Å². The molecule has 4 aromatic carbocycles. The Morgan fingerprint density at radius 1 is 0.468 bits per heavy atom. The molecule has 0 heterocycles. The van der Waals surface area contributed by atoms with Gasteiger partial charge in [-0.2, -0.15) is 0 Å². The fourth-order valence-electron chi connectivity index (χ4n) is 6.38. The minimum Gasteiger partial charge on any atom is -0.489 e. The molecule has 4 aromatic rings. The van der Waals surface area contributed by atoms with E-state index >= 15 is 0 Å². The summed E-state index contributed by atoms with van der Waals surface area (Å²) in [6, 6.07) is 25.2. The molecule has 0 atom stereocenters. The molecular weight excluding hydrogens is 588 g/mol. The lowest BCUT2D eigenvalue weighted by Gasteiger charge is -2.37. The lowest BCUT2D eigenvalue weighted by Crippen LogP contribution is -2.30. The number of ether oxygens (including phenoxy) is 6. The second kappa shape index (κ2) is 15.6. The fraction of sp³-hybridized carbons (Fsp3) is 0.317. The van der Waals surface area contributed by atoms with Gasteiger partial charge < -0.3 is 28.4 Å². The van der Waals surface area contributed by atoms with Gasteiger partial charge in [-0.25, -0.2) is 0 Å². The van der Waals surface area contributed by atoms with Crippen LogP contribution in [-0.2, 0) is 5.41 Å². The van der Waals surface area contributed by atoms with Crippen LogP contribution in [0, 0.1) is 0 Å². The van der Waals surface area contributed by atoms with Gasteiger partial charge >= 0.3 is 0 Å². The molecule has 0 amide bonds. The van der Waals surface area contributed by atoms with Crippen LogP contribution in [0.4, 0.5) is 0 Å². The van der Waals surface area contributed by atoms with Crippen molar-refractivity contribution < 1.29 is 28.4 Å². The Morgan fingerprint density at radius 3 is 1.19 bits per heavy atom. The number of hydrogen-bond acceptors (Lipinski definition) is 6. The third kappa shape index (κ3) is 6.17. The van der Waals surface area contributed by atoms with Gasteiger partial charge in [-0.1, -0.05) is 89.4 Å². The lowest BCUT2D eigenvalue weighted by molar-refractivity contribution is 0.252. The Hall–Kier alpha value is -4.84. The van der Waals surface area contributed by atoms with E-state index in [-0.39, 0.29) is 0 Å². The minimum absolute atomic E-state index is 0.489. The summed E-state index contributed by atoms with van der Waals surface area (Å²) in [4.78, 5) is 0. The summed E-state index contributed by atoms with van der Waals surface area (Å²) < 4.78 is 38.2. The smallest absolute Gasteiger partial charge is 0.204 e. The molecule has 0 saturated heterocycles. The van der Waals surface area contributed by atoms with Crippen LogP contribution >= 0.6 is 0 Å². The van der Waals surface area contributed by atoms with E-state index in [0.29, 0.717) is 60.9 Å². The van der Waals surface area contributed by atoms with E-state index < -0.39 is 5.41 Å². The van der Waals surface area contributed by atoms with Crippen molar-refractivity contribution >= 4 is 0 Å². The van der Waals surface area contributed by atoms with Crippen molar-refractivity contribution in [3.8, 4) is 45.6 Å². The van der Waals surface area contributed by atoms with Crippen molar-refractivity contribution in [2.45, 2.75) is 58.8 Å². The summed E-state index contributed by atoms with van der Waals surface area (Å²) in [6.07, 6.45) is 6.10. The van der Waals surface area contributed by atoms with Crippen LogP contribution in [-0.4, -0.2) is 26.4 Å².